The first-order valence-corrected chi connectivity index (χ1v) is 5.66. The lowest BCUT2D eigenvalue weighted by molar-refractivity contribution is -0.132. The van der Waals surface area contributed by atoms with Crippen molar-refractivity contribution in [3.8, 4) is 0 Å². The smallest absolute Gasteiger partial charge is 0.315 e. The van der Waals surface area contributed by atoms with E-state index in [0.717, 1.165) is 12.8 Å². The van der Waals surface area contributed by atoms with E-state index in [1.165, 1.54) is 0 Å². The zero-order valence-electron chi connectivity index (χ0n) is 10.5. The fourth-order valence-corrected chi connectivity index (χ4v) is 1.89. The molecule has 0 aromatic carbocycles. The molecule has 0 aliphatic heterocycles. The van der Waals surface area contributed by atoms with E-state index in [0.29, 0.717) is 5.92 Å². The number of amides is 1. The van der Waals surface area contributed by atoms with E-state index in [2.05, 4.69) is 19.2 Å². The van der Waals surface area contributed by atoms with Crippen LogP contribution in [0.2, 0.25) is 0 Å². The number of nitrogens with zero attached hydrogens (tertiary/aromatic N) is 1. The van der Waals surface area contributed by atoms with Crippen molar-refractivity contribution >= 4 is 5.91 Å². The molecule has 0 fully saturated rings. The van der Waals surface area contributed by atoms with Crippen molar-refractivity contribution < 1.29 is 13.6 Å². The summed E-state index contributed by atoms with van der Waals surface area (Å²) < 4.78 is 24.0. The van der Waals surface area contributed by atoms with Gasteiger partial charge >= 0.3 is 6.43 Å². The van der Waals surface area contributed by atoms with Crippen LogP contribution < -0.4 is 5.32 Å². The van der Waals surface area contributed by atoms with Crippen LogP contribution in [0, 0.1) is 5.92 Å². The van der Waals surface area contributed by atoms with E-state index in [-0.39, 0.29) is 12.6 Å². The van der Waals surface area contributed by atoms with Gasteiger partial charge in [0.15, 0.2) is 0 Å². The highest BCUT2D eigenvalue weighted by Gasteiger charge is 2.23. The van der Waals surface area contributed by atoms with Crippen LogP contribution in [0.25, 0.3) is 0 Å². The first kappa shape index (κ1) is 15.3. The first-order chi connectivity index (χ1) is 7.43. The summed E-state index contributed by atoms with van der Waals surface area (Å²) in [5.74, 6) is -0.772. The van der Waals surface area contributed by atoms with Crippen LogP contribution in [-0.4, -0.2) is 43.9 Å². The minimum Gasteiger partial charge on any atom is -0.350 e. The van der Waals surface area contributed by atoms with Crippen LogP contribution in [0.15, 0.2) is 0 Å². The molecule has 0 bridgehead atoms. The number of hydrogen-bond acceptors (Lipinski definition) is 2. The quantitative estimate of drug-likeness (QED) is 0.730. The van der Waals surface area contributed by atoms with Gasteiger partial charge in [0.05, 0.1) is 0 Å². The van der Waals surface area contributed by atoms with Crippen LogP contribution in [0.4, 0.5) is 8.78 Å². The third-order valence-corrected chi connectivity index (χ3v) is 2.94. The fourth-order valence-electron chi connectivity index (χ4n) is 1.89. The second kappa shape index (κ2) is 7.54. The number of likely N-dealkylation sites (N-methyl/N-ethyl adjacent to an activating group) is 1. The van der Waals surface area contributed by atoms with E-state index in [1.54, 1.807) is 0 Å². The molecule has 0 heterocycles. The predicted molar refractivity (Wildman–Crippen MR) is 60.6 cm³/mol. The lowest BCUT2D eigenvalue weighted by Crippen LogP contribution is -2.45. The molecule has 0 radical (unpaired) electrons. The average Bonchev–Trinajstić information content (AvgIpc) is 2.22. The number of nitrogens with one attached hydrogen (secondary N) is 1. The predicted octanol–water partition coefficient (Wildman–Crippen LogP) is 1.73. The molecule has 1 amide bonds. The molecule has 0 aromatic rings. The highest BCUT2D eigenvalue weighted by Crippen LogP contribution is 2.16. The van der Waals surface area contributed by atoms with Gasteiger partial charge in [-0.25, -0.2) is 0 Å². The molecule has 0 aliphatic rings. The number of halogens is 2. The van der Waals surface area contributed by atoms with Gasteiger partial charge in [0.2, 0.25) is 0 Å². The minimum absolute atomic E-state index is 0.109. The Hall–Kier alpha value is -0.710. The molecule has 0 saturated carbocycles. The largest absolute Gasteiger partial charge is 0.350 e. The zero-order chi connectivity index (χ0) is 12.7. The maximum absolute atomic E-state index is 12.0. The second-order valence-corrected chi connectivity index (χ2v) is 4.15. The Bertz CT molecular complexity index is 206. The monoisotopic (exact) mass is 236 g/mol. The standard InChI is InChI=1S/C11H22F2N2O/c1-5-8(6-2)9(15(3)4)7-14-11(16)10(12)13/h8-10H,5-7H2,1-4H3,(H,14,16). The van der Waals surface area contributed by atoms with Crippen LogP contribution in [0.5, 0.6) is 0 Å². The van der Waals surface area contributed by atoms with Crippen LogP contribution >= 0.6 is 0 Å². The fraction of sp³-hybridized carbons (Fsp3) is 0.909. The van der Waals surface area contributed by atoms with E-state index < -0.39 is 12.3 Å². The van der Waals surface area contributed by atoms with Gasteiger partial charge in [-0.05, 0) is 20.0 Å². The Morgan fingerprint density at radius 3 is 2.06 bits per heavy atom. The summed E-state index contributed by atoms with van der Waals surface area (Å²) in [6.45, 7) is 4.42. The van der Waals surface area contributed by atoms with E-state index in [9.17, 15) is 13.6 Å². The summed E-state index contributed by atoms with van der Waals surface area (Å²) >= 11 is 0. The Morgan fingerprint density at radius 1 is 1.25 bits per heavy atom. The van der Waals surface area contributed by atoms with Crippen molar-refractivity contribution in [2.24, 2.45) is 5.92 Å². The summed E-state index contributed by atoms with van der Waals surface area (Å²) in [5.41, 5.74) is 0. The van der Waals surface area contributed by atoms with Crippen LogP contribution in [-0.2, 0) is 4.79 Å². The van der Waals surface area contributed by atoms with Gasteiger partial charge in [-0.1, -0.05) is 26.7 Å². The zero-order valence-corrected chi connectivity index (χ0v) is 10.5. The molecular weight excluding hydrogens is 214 g/mol. The molecule has 16 heavy (non-hydrogen) atoms. The Morgan fingerprint density at radius 2 is 1.75 bits per heavy atom. The minimum atomic E-state index is -2.93. The van der Waals surface area contributed by atoms with Crippen LogP contribution in [0.1, 0.15) is 26.7 Å². The highest BCUT2D eigenvalue weighted by molar-refractivity contribution is 5.79. The lowest BCUT2D eigenvalue weighted by Gasteiger charge is -2.31. The second-order valence-electron chi connectivity index (χ2n) is 4.15. The summed E-state index contributed by atoms with van der Waals surface area (Å²) in [6, 6.07) is 0.109. The molecule has 0 saturated heterocycles. The Labute approximate surface area is 96.2 Å². The van der Waals surface area contributed by atoms with Crippen molar-refractivity contribution in [1.29, 1.82) is 0 Å². The Kier molecular flexibility index (Phi) is 7.21. The number of hydrogen-bond donors (Lipinski definition) is 1. The summed E-state index contributed by atoms with van der Waals surface area (Å²) in [5, 5.41) is 2.28. The Balaban J connectivity index is 4.29. The molecule has 1 unspecified atom stereocenters. The van der Waals surface area contributed by atoms with Gasteiger partial charge in [-0.2, -0.15) is 8.78 Å². The van der Waals surface area contributed by atoms with Gasteiger partial charge in [0, 0.05) is 12.6 Å². The number of carbonyl (C=O) groups excluding carboxylic acids is 1. The molecule has 0 rings (SSSR count). The molecule has 96 valence electrons. The molecular formula is C11H22F2N2O. The van der Waals surface area contributed by atoms with Crippen molar-refractivity contribution in [3.05, 3.63) is 0 Å². The van der Waals surface area contributed by atoms with Gasteiger partial charge in [0.25, 0.3) is 5.91 Å². The lowest BCUT2D eigenvalue weighted by atomic mass is 9.93. The first-order valence-electron chi connectivity index (χ1n) is 5.66. The molecule has 0 aliphatic carbocycles. The third-order valence-electron chi connectivity index (χ3n) is 2.94. The van der Waals surface area contributed by atoms with E-state index in [4.69, 9.17) is 0 Å². The van der Waals surface area contributed by atoms with E-state index >= 15 is 0 Å². The maximum Gasteiger partial charge on any atom is 0.315 e. The van der Waals surface area contributed by atoms with E-state index in [1.807, 2.05) is 19.0 Å². The summed E-state index contributed by atoms with van der Waals surface area (Å²) in [4.78, 5) is 12.8. The number of alkyl halides is 2. The van der Waals surface area contributed by atoms with Crippen molar-refractivity contribution in [3.63, 3.8) is 0 Å². The van der Waals surface area contributed by atoms with Gasteiger partial charge in [-0.15, -0.1) is 0 Å². The summed E-state index contributed by atoms with van der Waals surface area (Å²) in [6.07, 6.45) is -0.974. The topological polar surface area (TPSA) is 32.3 Å². The molecule has 5 heteroatoms. The number of rotatable bonds is 7. The molecule has 0 spiro atoms. The summed E-state index contributed by atoms with van der Waals surface area (Å²) in [7, 11) is 3.80. The molecule has 1 N–H and O–H groups in total. The maximum atomic E-state index is 12.0. The highest BCUT2D eigenvalue weighted by atomic mass is 19.3. The van der Waals surface area contributed by atoms with Crippen molar-refractivity contribution in [2.45, 2.75) is 39.2 Å². The van der Waals surface area contributed by atoms with Crippen molar-refractivity contribution in [2.75, 3.05) is 20.6 Å². The molecule has 1 atom stereocenters. The van der Waals surface area contributed by atoms with Crippen LogP contribution in [0.3, 0.4) is 0 Å². The van der Waals surface area contributed by atoms with Gasteiger partial charge in [-0.3, -0.25) is 4.79 Å². The van der Waals surface area contributed by atoms with Gasteiger partial charge in [0.1, 0.15) is 0 Å². The average molecular weight is 236 g/mol. The SMILES string of the molecule is CCC(CC)C(CNC(=O)C(F)F)N(C)C. The molecule has 3 nitrogen and oxygen atoms in total. The third kappa shape index (κ3) is 4.88. The van der Waals surface area contributed by atoms with Gasteiger partial charge < -0.3 is 10.2 Å². The molecule has 0 aromatic heterocycles. The normalized spacial score (nSPS) is 13.6. The van der Waals surface area contributed by atoms with Crippen molar-refractivity contribution in [1.82, 2.24) is 10.2 Å². The number of carbonyl (C=O) groups is 1.